The van der Waals surface area contributed by atoms with Crippen LogP contribution in [-0.2, 0) is 17.4 Å². The van der Waals surface area contributed by atoms with Gasteiger partial charge in [0, 0.05) is 24.8 Å². The largest absolute Gasteiger partial charge is 0.372 e. The Bertz CT molecular complexity index is 972. The minimum Gasteiger partial charge on any atom is -0.372 e. The minimum absolute atomic E-state index is 0.0739. The van der Waals surface area contributed by atoms with Crippen LogP contribution in [0.3, 0.4) is 0 Å². The molecule has 1 aromatic heterocycles. The third-order valence-electron chi connectivity index (χ3n) is 6.10. The standard InChI is InChI=1S/C24H27N3O2/c1-17-22(18(2)26(3)25-17)21-15-10-16-27(21)23(28)24(29,19-11-6-4-7-12-19)20-13-8-5-9-14-20/h4-9,11-14,21,29H,10,15-16H2,1-3H3. The first kappa shape index (κ1) is 19.4. The van der Waals surface area contributed by atoms with E-state index in [1.54, 1.807) is 0 Å². The second-order valence-corrected chi connectivity index (χ2v) is 7.81. The number of carbonyl (C=O) groups excluding carboxylic acids is 1. The van der Waals surface area contributed by atoms with Crippen molar-refractivity contribution in [1.29, 1.82) is 0 Å². The fourth-order valence-electron chi connectivity index (χ4n) is 4.56. The summed E-state index contributed by atoms with van der Waals surface area (Å²) in [6.45, 7) is 4.65. The molecule has 0 bridgehead atoms. The van der Waals surface area contributed by atoms with Gasteiger partial charge in [0.05, 0.1) is 11.7 Å². The van der Waals surface area contributed by atoms with Crippen molar-refractivity contribution < 1.29 is 9.90 Å². The Labute approximate surface area is 171 Å². The van der Waals surface area contributed by atoms with E-state index in [0.29, 0.717) is 17.7 Å². The molecule has 0 spiro atoms. The van der Waals surface area contributed by atoms with Crippen LogP contribution in [0.1, 0.15) is 47.0 Å². The van der Waals surface area contributed by atoms with Gasteiger partial charge in [0.15, 0.2) is 5.60 Å². The molecule has 4 rings (SSSR count). The van der Waals surface area contributed by atoms with E-state index in [2.05, 4.69) is 5.10 Å². The van der Waals surface area contributed by atoms with E-state index in [-0.39, 0.29) is 11.9 Å². The van der Waals surface area contributed by atoms with E-state index in [1.165, 1.54) is 0 Å². The third kappa shape index (κ3) is 3.15. The zero-order valence-electron chi connectivity index (χ0n) is 17.2. The maximum atomic E-state index is 13.9. The number of nitrogens with zero attached hydrogens (tertiary/aromatic N) is 3. The summed E-state index contributed by atoms with van der Waals surface area (Å²) in [6, 6.07) is 18.4. The Morgan fingerprint density at radius 3 is 2.07 bits per heavy atom. The Morgan fingerprint density at radius 1 is 1.03 bits per heavy atom. The van der Waals surface area contributed by atoms with Crippen molar-refractivity contribution in [2.75, 3.05) is 6.54 Å². The van der Waals surface area contributed by atoms with Crippen LogP contribution in [0.4, 0.5) is 0 Å². The molecule has 1 aliphatic heterocycles. The Kier molecular flexibility index (Phi) is 5.01. The highest BCUT2D eigenvalue weighted by atomic mass is 16.3. The van der Waals surface area contributed by atoms with Gasteiger partial charge in [0.25, 0.3) is 5.91 Å². The van der Waals surface area contributed by atoms with Crippen molar-refractivity contribution >= 4 is 5.91 Å². The topological polar surface area (TPSA) is 58.4 Å². The van der Waals surface area contributed by atoms with Gasteiger partial charge in [-0.15, -0.1) is 0 Å². The van der Waals surface area contributed by atoms with Crippen LogP contribution >= 0.6 is 0 Å². The molecule has 0 saturated carbocycles. The highest BCUT2D eigenvalue weighted by Crippen LogP contribution is 2.40. The van der Waals surface area contributed by atoms with Crippen LogP contribution in [0, 0.1) is 13.8 Å². The van der Waals surface area contributed by atoms with Gasteiger partial charge in [0.2, 0.25) is 0 Å². The SMILES string of the molecule is Cc1nn(C)c(C)c1C1CCCN1C(=O)C(O)(c1ccccc1)c1ccccc1. The molecule has 2 heterocycles. The lowest BCUT2D eigenvalue weighted by Gasteiger charge is -2.35. The Balaban J connectivity index is 1.81. The zero-order valence-corrected chi connectivity index (χ0v) is 17.2. The summed E-state index contributed by atoms with van der Waals surface area (Å²) in [5, 5.41) is 16.4. The molecule has 0 radical (unpaired) electrons. The number of amides is 1. The summed E-state index contributed by atoms with van der Waals surface area (Å²) in [6.07, 6.45) is 1.78. The lowest BCUT2D eigenvalue weighted by molar-refractivity contribution is -0.149. The van der Waals surface area contributed by atoms with E-state index in [0.717, 1.165) is 29.8 Å². The van der Waals surface area contributed by atoms with Crippen molar-refractivity contribution in [1.82, 2.24) is 14.7 Å². The Morgan fingerprint density at radius 2 is 1.59 bits per heavy atom. The number of hydrogen-bond acceptors (Lipinski definition) is 3. The molecule has 1 saturated heterocycles. The molecule has 1 atom stereocenters. The molecule has 29 heavy (non-hydrogen) atoms. The van der Waals surface area contributed by atoms with Crippen LogP contribution in [0.2, 0.25) is 0 Å². The van der Waals surface area contributed by atoms with Crippen molar-refractivity contribution in [2.24, 2.45) is 7.05 Å². The number of aromatic nitrogens is 2. The van der Waals surface area contributed by atoms with E-state index in [4.69, 9.17) is 0 Å². The first-order valence-corrected chi connectivity index (χ1v) is 10.1. The molecular formula is C24H27N3O2. The van der Waals surface area contributed by atoms with Gasteiger partial charge >= 0.3 is 0 Å². The van der Waals surface area contributed by atoms with Gasteiger partial charge in [-0.25, -0.2) is 0 Å². The molecule has 1 unspecified atom stereocenters. The quantitative estimate of drug-likeness (QED) is 0.741. The number of carbonyl (C=O) groups is 1. The number of aliphatic hydroxyl groups is 1. The average Bonchev–Trinajstić information content (AvgIpc) is 3.32. The lowest BCUT2D eigenvalue weighted by Crippen LogP contribution is -2.47. The smallest absolute Gasteiger partial charge is 0.264 e. The van der Waals surface area contributed by atoms with Gasteiger partial charge in [-0.3, -0.25) is 9.48 Å². The maximum absolute atomic E-state index is 13.9. The van der Waals surface area contributed by atoms with Crippen molar-refractivity contribution in [3.63, 3.8) is 0 Å². The summed E-state index contributed by atoms with van der Waals surface area (Å²) in [5.41, 5.74) is 2.55. The van der Waals surface area contributed by atoms with Crippen molar-refractivity contribution in [3.8, 4) is 0 Å². The predicted molar refractivity (Wildman–Crippen MR) is 112 cm³/mol. The van der Waals surface area contributed by atoms with Crippen molar-refractivity contribution in [3.05, 3.63) is 88.7 Å². The van der Waals surface area contributed by atoms with Crippen LogP contribution in [0.15, 0.2) is 60.7 Å². The normalized spacial score (nSPS) is 17.0. The van der Waals surface area contributed by atoms with Gasteiger partial charge in [0.1, 0.15) is 0 Å². The molecule has 0 aliphatic carbocycles. The fourth-order valence-corrected chi connectivity index (χ4v) is 4.56. The first-order chi connectivity index (χ1) is 13.9. The van der Waals surface area contributed by atoms with E-state index >= 15 is 0 Å². The zero-order chi connectivity index (χ0) is 20.6. The predicted octanol–water partition coefficient (Wildman–Crippen LogP) is 3.64. The molecule has 1 fully saturated rings. The summed E-state index contributed by atoms with van der Waals surface area (Å²) >= 11 is 0. The van der Waals surface area contributed by atoms with Crippen molar-refractivity contribution in [2.45, 2.75) is 38.3 Å². The van der Waals surface area contributed by atoms with E-state index in [9.17, 15) is 9.90 Å². The van der Waals surface area contributed by atoms with Gasteiger partial charge in [-0.2, -0.15) is 5.10 Å². The third-order valence-corrected chi connectivity index (χ3v) is 6.10. The van der Waals surface area contributed by atoms with Gasteiger partial charge in [-0.1, -0.05) is 60.7 Å². The van der Waals surface area contributed by atoms with Crippen LogP contribution in [-0.4, -0.2) is 32.2 Å². The maximum Gasteiger partial charge on any atom is 0.264 e. The van der Waals surface area contributed by atoms with Crippen LogP contribution < -0.4 is 0 Å². The van der Waals surface area contributed by atoms with Crippen LogP contribution in [0.5, 0.6) is 0 Å². The molecule has 3 aromatic rings. The number of rotatable bonds is 4. The average molecular weight is 389 g/mol. The molecular weight excluding hydrogens is 362 g/mol. The molecule has 5 nitrogen and oxygen atoms in total. The minimum atomic E-state index is -1.73. The monoisotopic (exact) mass is 389 g/mol. The number of aryl methyl sites for hydroxylation is 2. The number of hydrogen-bond donors (Lipinski definition) is 1. The second kappa shape index (κ2) is 7.48. The molecule has 5 heteroatoms. The molecule has 150 valence electrons. The van der Waals surface area contributed by atoms with Gasteiger partial charge in [-0.05, 0) is 37.8 Å². The van der Waals surface area contributed by atoms with Crippen LogP contribution in [0.25, 0.3) is 0 Å². The van der Waals surface area contributed by atoms with E-state index < -0.39 is 5.60 Å². The highest BCUT2D eigenvalue weighted by molar-refractivity contribution is 5.90. The van der Waals surface area contributed by atoms with Gasteiger partial charge < -0.3 is 10.0 Å². The second-order valence-electron chi connectivity index (χ2n) is 7.81. The Hall–Kier alpha value is -2.92. The molecule has 2 aromatic carbocycles. The summed E-state index contributed by atoms with van der Waals surface area (Å²) in [7, 11) is 1.93. The summed E-state index contributed by atoms with van der Waals surface area (Å²) < 4.78 is 1.87. The highest BCUT2D eigenvalue weighted by Gasteiger charge is 2.46. The summed E-state index contributed by atoms with van der Waals surface area (Å²) in [4.78, 5) is 15.8. The fraction of sp³-hybridized carbons (Fsp3) is 0.333. The summed E-state index contributed by atoms with van der Waals surface area (Å²) in [5.74, 6) is -0.278. The number of benzene rings is 2. The number of likely N-dealkylation sites (tertiary alicyclic amines) is 1. The van der Waals surface area contributed by atoms with E-state index in [1.807, 2.05) is 91.1 Å². The molecule has 1 aliphatic rings. The molecule has 1 amide bonds. The molecule has 1 N–H and O–H groups in total. The first-order valence-electron chi connectivity index (χ1n) is 10.1. The lowest BCUT2D eigenvalue weighted by atomic mass is 9.84.